The molecular weight excluding hydrogens is 314 g/mol. The molecule has 5 nitrogen and oxygen atoms in total. The van der Waals surface area contributed by atoms with Crippen LogP contribution in [-0.4, -0.2) is 23.7 Å². The van der Waals surface area contributed by atoms with E-state index in [1.807, 2.05) is 37.3 Å². The predicted molar refractivity (Wildman–Crippen MR) is 99.0 cm³/mol. The second-order valence-corrected chi connectivity index (χ2v) is 5.49. The fourth-order valence-electron chi connectivity index (χ4n) is 2.38. The second-order valence-electron chi connectivity index (χ2n) is 5.49. The molecule has 0 aliphatic carbocycles. The van der Waals surface area contributed by atoms with Gasteiger partial charge in [0.1, 0.15) is 5.75 Å². The molecule has 0 radical (unpaired) electrons. The highest BCUT2D eigenvalue weighted by molar-refractivity contribution is 5.99. The smallest absolute Gasteiger partial charge is 0.271 e. The molecule has 0 aliphatic rings. The SMILES string of the molecule is CCCOc1ccc(C(=O)NN=Cc2cccc3cccnc23)cc1. The average molecular weight is 333 g/mol. The highest BCUT2D eigenvalue weighted by Crippen LogP contribution is 2.14. The number of amides is 1. The van der Waals surface area contributed by atoms with Crippen molar-refractivity contribution in [2.75, 3.05) is 6.61 Å². The van der Waals surface area contributed by atoms with E-state index in [-0.39, 0.29) is 5.91 Å². The maximum Gasteiger partial charge on any atom is 0.271 e. The normalized spacial score (nSPS) is 10.9. The molecule has 0 saturated carbocycles. The van der Waals surface area contributed by atoms with Crippen LogP contribution in [0.15, 0.2) is 65.9 Å². The molecule has 0 atom stereocenters. The third kappa shape index (κ3) is 4.20. The summed E-state index contributed by atoms with van der Waals surface area (Å²) in [6.07, 6.45) is 4.28. The number of carbonyl (C=O) groups excluding carboxylic acids is 1. The lowest BCUT2D eigenvalue weighted by Gasteiger charge is -2.05. The minimum atomic E-state index is -0.272. The largest absolute Gasteiger partial charge is 0.494 e. The van der Waals surface area contributed by atoms with Crippen LogP contribution in [0.4, 0.5) is 0 Å². The average Bonchev–Trinajstić information content (AvgIpc) is 2.67. The first-order valence-corrected chi connectivity index (χ1v) is 8.18. The molecule has 0 fully saturated rings. The van der Waals surface area contributed by atoms with Crippen molar-refractivity contribution in [1.82, 2.24) is 10.4 Å². The fraction of sp³-hybridized carbons (Fsp3) is 0.150. The molecular formula is C20H19N3O2. The number of pyridine rings is 1. The number of hydrazone groups is 1. The number of hydrogen-bond donors (Lipinski definition) is 1. The Hall–Kier alpha value is -3.21. The van der Waals surface area contributed by atoms with Gasteiger partial charge in [-0.05, 0) is 36.8 Å². The predicted octanol–water partition coefficient (Wildman–Crippen LogP) is 3.79. The molecule has 3 rings (SSSR count). The standard InChI is InChI=1S/C20H19N3O2/c1-2-13-25-18-10-8-16(9-11-18)20(24)23-22-14-17-6-3-5-15-7-4-12-21-19(15)17/h3-12,14H,2,13H2,1H3,(H,23,24). The van der Waals surface area contributed by atoms with Crippen LogP contribution in [0.2, 0.25) is 0 Å². The van der Waals surface area contributed by atoms with Crippen molar-refractivity contribution in [3.05, 3.63) is 71.9 Å². The summed E-state index contributed by atoms with van der Waals surface area (Å²) in [5.74, 6) is 0.482. The van der Waals surface area contributed by atoms with Crippen LogP contribution in [0, 0.1) is 0 Å². The third-order valence-electron chi connectivity index (χ3n) is 3.62. The van der Waals surface area contributed by atoms with Gasteiger partial charge in [-0.3, -0.25) is 9.78 Å². The van der Waals surface area contributed by atoms with Gasteiger partial charge in [0.25, 0.3) is 5.91 Å². The Balaban J connectivity index is 1.66. The Morgan fingerprint density at radius 3 is 2.76 bits per heavy atom. The zero-order valence-corrected chi connectivity index (χ0v) is 14.0. The summed E-state index contributed by atoms with van der Waals surface area (Å²) >= 11 is 0. The first-order chi connectivity index (χ1) is 12.3. The number of para-hydroxylation sites is 1. The quantitative estimate of drug-likeness (QED) is 0.551. The summed E-state index contributed by atoms with van der Waals surface area (Å²) in [6, 6.07) is 16.7. The van der Waals surface area contributed by atoms with Crippen LogP contribution in [0.5, 0.6) is 5.75 Å². The molecule has 0 aliphatic heterocycles. The van der Waals surface area contributed by atoms with Gasteiger partial charge in [-0.25, -0.2) is 5.43 Å². The number of benzene rings is 2. The van der Waals surface area contributed by atoms with Crippen LogP contribution >= 0.6 is 0 Å². The number of carbonyl (C=O) groups is 1. The first kappa shape index (κ1) is 16.6. The lowest BCUT2D eigenvalue weighted by molar-refractivity contribution is 0.0955. The number of fused-ring (bicyclic) bond motifs is 1. The topological polar surface area (TPSA) is 63.6 Å². The summed E-state index contributed by atoms with van der Waals surface area (Å²) < 4.78 is 5.50. The van der Waals surface area contributed by atoms with E-state index in [1.54, 1.807) is 36.7 Å². The van der Waals surface area contributed by atoms with E-state index in [0.717, 1.165) is 28.6 Å². The summed E-state index contributed by atoms with van der Waals surface area (Å²) in [5.41, 5.74) is 4.76. The van der Waals surface area contributed by atoms with Gasteiger partial charge in [-0.2, -0.15) is 5.10 Å². The van der Waals surface area contributed by atoms with Gasteiger partial charge in [-0.1, -0.05) is 31.2 Å². The lowest BCUT2D eigenvalue weighted by atomic mass is 10.1. The molecule has 0 spiro atoms. The van der Waals surface area contributed by atoms with Gasteiger partial charge in [-0.15, -0.1) is 0 Å². The van der Waals surface area contributed by atoms with Gasteiger partial charge in [0.2, 0.25) is 0 Å². The maximum absolute atomic E-state index is 12.1. The zero-order chi connectivity index (χ0) is 17.5. The molecule has 0 saturated heterocycles. The minimum absolute atomic E-state index is 0.272. The van der Waals surface area contributed by atoms with Crippen molar-refractivity contribution < 1.29 is 9.53 Å². The number of rotatable bonds is 6. The molecule has 5 heteroatoms. The molecule has 1 aromatic heterocycles. The number of nitrogens with zero attached hydrogens (tertiary/aromatic N) is 2. The van der Waals surface area contributed by atoms with E-state index < -0.39 is 0 Å². The molecule has 1 N–H and O–H groups in total. The molecule has 0 unspecified atom stereocenters. The van der Waals surface area contributed by atoms with Gasteiger partial charge < -0.3 is 4.74 Å². The molecule has 25 heavy (non-hydrogen) atoms. The van der Waals surface area contributed by atoms with Crippen LogP contribution in [0.25, 0.3) is 10.9 Å². The van der Waals surface area contributed by atoms with Gasteiger partial charge >= 0.3 is 0 Å². The van der Waals surface area contributed by atoms with Gasteiger partial charge in [0.15, 0.2) is 0 Å². The number of aromatic nitrogens is 1. The van der Waals surface area contributed by atoms with Crippen molar-refractivity contribution in [2.24, 2.45) is 5.10 Å². The number of hydrogen-bond acceptors (Lipinski definition) is 4. The summed E-state index contributed by atoms with van der Waals surface area (Å²) in [6.45, 7) is 2.71. The third-order valence-corrected chi connectivity index (χ3v) is 3.62. The van der Waals surface area contributed by atoms with Crippen molar-refractivity contribution in [3.8, 4) is 5.75 Å². The Morgan fingerprint density at radius 1 is 1.16 bits per heavy atom. The maximum atomic E-state index is 12.1. The van der Waals surface area contributed by atoms with Crippen molar-refractivity contribution in [2.45, 2.75) is 13.3 Å². The monoisotopic (exact) mass is 333 g/mol. The van der Waals surface area contributed by atoms with E-state index >= 15 is 0 Å². The fourth-order valence-corrected chi connectivity index (χ4v) is 2.38. The molecule has 126 valence electrons. The van der Waals surface area contributed by atoms with E-state index in [0.29, 0.717) is 12.2 Å². The Morgan fingerprint density at radius 2 is 1.96 bits per heavy atom. The van der Waals surface area contributed by atoms with Crippen LogP contribution in [-0.2, 0) is 0 Å². The zero-order valence-electron chi connectivity index (χ0n) is 14.0. The second kappa shape index (κ2) is 8.06. The van der Waals surface area contributed by atoms with E-state index in [4.69, 9.17) is 4.74 Å². The van der Waals surface area contributed by atoms with Crippen LogP contribution in [0.1, 0.15) is 29.3 Å². The van der Waals surface area contributed by atoms with E-state index in [1.165, 1.54) is 0 Å². The summed E-state index contributed by atoms with van der Waals surface area (Å²) in [7, 11) is 0. The molecule has 1 heterocycles. The van der Waals surface area contributed by atoms with Crippen molar-refractivity contribution >= 4 is 23.0 Å². The highest BCUT2D eigenvalue weighted by Gasteiger charge is 2.04. The number of ether oxygens (including phenoxy) is 1. The van der Waals surface area contributed by atoms with Crippen molar-refractivity contribution in [3.63, 3.8) is 0 Å². The van der Waals surface area contributed by atoms with E-state index in [2.05, 4.69) is 15.5 Å². The van der Waals surface area contributed by atoms with E-state index in [9.17, 15) is 4.79 Å². The molecule has 1 amide bonds. The summed E-state index contributed by atoms with van der Waals surface area (Å²) in [4.78, 5) is 16.5. The van der Waals surface area contributed by atoms with Gasteiger partial charge in [0.05, 0.1) is 18.3 Å². The number of nitrogens with one attached hydrogen (secondary N) is 1. The molecule has 2 aromatic carbocycles. The highest BCUT2D eigenvalue weighted by atomic mass is 16.5. The van der Waals surface area contributed by atoms with Crippen LogP contribution in [0.3, 0.4) is 0 Å². The molecule has 0 bridgehead atoms. The Bertz CT molecular complexity index is 884. The minimum Gasteiger partial charge on any atom is -0.494 e. The van der Waals surface area contributed by atoms with Crippen LogP contribution < -0.4 is 10.2 Å². The Kier molecular flexibility index (Phi) is 5.36. The molecule has 3 aromatic rings. The first-order valence-electron chi connectivity index (χ1n) is 8.18. The summed E-state index contributed by atoms with van der Waals surface area (Å²) in [5, 5.41) is 5.07. The lowest BCUT2D eigenvalue weighted by Crippen LogP contribution is -2.17. The Labute approximate surface area is 146 Å². The van der Waals surface area contributed by atoms with Crippen molar-refractivity contribution in [1.29, 1.82) is 0 Å². The van der Waals surface area contributed by atoms with Gasteiger partial charge in [0, 0.05) is 22.7 Å².